The predicted octanol–water partition coefficient (Wildman–Crippen LogP) is 0.127. The van der Waals surface area contributed by atoms with E-state index < -0.39 is 54.2 Å². The van der Waals surface area contributed by atoms with Gasteiger partial charge in [0, 0.05) is 6.20 Å². The van der Waals surface area contributed by atoms with Crippen LogP contribution in [0.2, 0.25) is 0 Å². The van der Waals surface area contributed by atoms with Crippen molar-refractivity contribution in [2.24, 2.45) is 0 Å². The van der Waals surface area contributed by atoms with E-state index in [0.717, 1.165) is 10.8 Å². The van der Waals surface area contributed by atoms with Gasteiger partial charge in [-0.05, 0) is 0 Å². The highest BCUT2D eigenvalue weighted by molar-refractivity contribution is 5.86. The minimum absolute atomic E-state index is 0.346. The zero-order chi connectivity index (χ0) is 16.9. The Bertz CT molecular complexity index is 822. The molecule has 3 heterocycles. The highest BCUT2D eigenvalue weighted by Crippen LogP contribution is 2.41. The summed E-state index contributed by atoms with van der Waals surface area (Å²) in [5, 5.41) is 18.7. The van der Waals surface area contributed by atoms with Gasteiger partial charge in [-0.25, -0.2) is 15.4 Å². The van der Waals surface area contributed by atoms with Gasteiger partial charge in [-0.2, -0.15) is 14.4 Å². The summed E-state index contributed by atoms with van der Waals surface area (Å²) in [5.74, 6) is -1.44. The Morgan fingerprint density at radius 2 is 2.17 bits per heavy atom. The van der Waals surface area contributed by atoms with Crippen molar-refractivity contribution in [1.29, 1.82) is 0 Å². The fraction of sp³-hybridized carbons (Fsp3) is 0.417. The zero-order valence-electron chi connectivity index (χ0n) is 11.3. The van der Waals surface area contributed by atoms with E-state index in [1.807, 2.05) is 0 Å². The number of rotatable bonds is 2. The smallest absolute Gasteiger partial charge is 0.385 e. The molecule has 23 heavy (non-hydrogen) atoms. The van der Waals surface area contributed by atoms with Crippen LogP contribution in [-0.4, -0.2) is 49.4 Å². The van der Waals surface area contributed by atoms with Crippen molar-refractivity contribution in [2.75, 3.05) is 12.3 Å². The summed E-state index contributed by atoms with van der Waals surface area (Å²) in [6, 6.07) is 0. The molecule has 0 radical (unpaired) electrons. The van der Waals surface area contributed by atoms with E-state index >= 15 is 0 Å². The van der Waals surface area contributed by atoms with Crippen LogP contribution in [0.1, 0.15) is 6.23 Å². The van der Waals surface area contributed by atoms with Crippen LogP contribution in [0.4, 0.5) is 19.0 Å². The number of nitrogens with zero attached hydrogens (tertiary/aromatic N) is 4. The van der Waals surface area contributed by atoms with Crippen molar-refractivity contribution >= 4 is 16.9 Å². The van der Waals surface area contributed by atoms with Crippen molar-refractivity contribution in [3.8, 4) is 0 Å². The minimum Gasteiger partial charge on any atom is -0.385 e. The number of ether oxygens (including phenoxy) is 1. The Morgan fingerprint density at radius 3 is 2.74 bits per heavy atom. The lowest BCUT2D eigenvalue weighted by Gasteiger charge is -2.16. The van der Waals surface area contributed by atoms with Gasteiger partial charge in [-0.3, -0.25) is 14.1 Å². The molecule has 1 aliphatic heterocycles. The number of hydrogen-bond acceptors (Lipinski definition) is 6. The second-order valence-corrected chi connectivity index (χ2v) is 4.97. The van der Waals surface area contributed by atoms with Crippen LogP contribution in [0, 0.1) is 18.5 Å². The monoisotopic (exact) mass is 329 g/mol. The Morgan fingerprint density at radius 1 is 1.48 bits per heavy atom. The van der Waals surface area contributed by atoms with Crippen LogP contribution >= 0.6 is 0 Å². The van der Waals surface area contributed by atoms with E-state index in [0.29, 0.717) is 0 Å². The fourth-order valence-corrected chi connectivity index (χ4v) is 2.51. The quantitative estimate of drug-likeness (QED) is 0.533. The molecule has 1 aliphatic rings. The Kier molecular flexibility index (Phi) is 3.40. The first-order chi connectivity index (χ1) is 10.8. The number of nitrogens with two attached hydrogens (primary N) is 1. The molecule has 3 rings (SSSR count). The van der Waals surface area contributed by atoms with Crippen LogP contribution in [0.15, 0.2) is 6.20 Å². The molecular weight excluding hydrogens is 319 g/mol. The number of aliphatic hydroxyl groups is 2. The first-order valence-corrected chi connectivity index (χ1v) is 6.33. The molecule has 2 aromatic rings. The maximum Gasteiger partial charge on any atom is 0.390 e. The number of aliphatic hydroxyl groups excluding tert-OH is 2. The van der Waals surface area contributed by atoms with E-state index in [-0.39, 0.29) is 5.39 Å². The normalized spacial score (nSPS) is 30.7. The molecule has 8 nitrogen and oxygen atoms in total. The molecule has 122 valence electrons. The number of aromatic nitrogens is 3. The van der Waals surface area contributed by atoms with Crippen molar-refractivity contribution in [1.82, 2.24) is 14.5 Å². The van der Waals surface area contributed by atoms with E-state index in [1.54, 1.807) is 0 Å². The molecule has 4 N–H and O–H groups in total. The third-order valence-corrected chi connectivity index (χ3v) is 3.68. The van der Waals surface area contributed by atoms with Crippen molar-refractivity contribution in [2.45, 2.75) is 24.2 Å². The van der Waals surface area contributed by atoms with Crippen molar-refractivity contribution in [3.05, 3.63) is 29.5 Å². The van der Waals surface area contributed by atoms with E-state index in [4.69, 9.17) is 17.0 Å². The first-order valence-electron chi connectivity index (χ1n) is 6.33. The summed E-state index contributed by atoms with van der Waals surface area (Å²) < 4.78 is 47.5. The van der Waals surface area contributed by atoms with E-state index in [1.165, 1.54) is 0 Å². The lowest BCUT2D eigenvalue weighted by Crippen LogP contribution is -2.42. The lowest BCUT2D eigenvalue weighted by atomic mass is 10.1. The van der Waals surface area contributed by atoms with Gasteiger partial charge in [0.25, 0.3) is 0 Å². The van der Waals surface area contributed by atoms with E-state index in [2.05, 4.69) is 14.8 Å². The molecule has 1 fully saturated rings. The number of alkyl halides is 1. The predicted molar refractivity (Wildman–Crippen MR) is 69.3 cm³/mol. The Labute approximate surface area is 126 Å². The second-order valence-electron chi connectivity index (χ2n) is 4.97. The minimum atomic E-state index is -2.24. The summed E-state index contributed by atoms with van der Waals surface area (Å²) in [7, 11) is 0. The molecular formula is C12H10F3N5O3. The van der Waals surface area contributed by atoms with Gasteiger partial charge >= 0.3 is 11.8 Å². The summed E-state index contributed by atoms with van der Waals surface area (Å²) in [6.45, 7) is 6.00. The average Bonchev–Trinajstić information content (AvgIpc) is 2.96. The van der Waals surface area contributed by atoms with Gasteiger partial charge in [0.05, 0.1) is 5.39 Å². The Hall–Kier alpha value is -2.42. The molecule has 1 saturated heterocycles. The summed E-state index contributed by atoms with van der Waals surface area (Å²) >= 11 is 0. The molecule has 0 bridgehead atoms. The summed E-state index contributed by atoms with van der Waals surface area (Å²) in [4.78, 5) is 9.45. The average molecular weight is 329 g/mol. The molecule has 11 heteroatoms. The second kappa shape index (κ2) is 5.05. The SMILES string of the molecule is [C-]#[N+]C1(CO)OC(n2cc(F)c3c(N)nc(F)nc32)C(F)C1O. The van der Waals surface area contributed by atoms with Gasteiger partial charge in [0.2, 0.25) is 0 Å². The van der Waals surface area contributed by atoms with Crippen LogP contribution in [0.3, 0.4) is 0 Å². The van der Waals surface area contributed by atoms with Gasteiger partial charge < -0.3 is 15.9 Å². The van der Waals surface area contributed by atoms with Crippen molar-refractivity contribution < 1.29 is 28.1 Å². The molecule has 0 spiro atoms. The number of halogens is 3. The third-order valence-electron chi connectivity index (χ3n) is 3.68. The van der Waals surface area contributed by atoms with E-state index in [9.17, 15) is 23.4 Å². The lowest BCUT2D eigenvalue weighted by molar-refractivity contribution is -0.0979. The zero-order valence-corrected chi connectivity index (χ0v) is 11.3. The molecule has 0 aliphatic carbocycles. The fourth-order valence-electron chi connectivity index (χ4n) is 2.51. The molecule has 0 aromatic carbocycles. The van der Waals surface area contributed by atoms with Crippen LogP contribution in [0.5, 0.6) is 0 Å². The van der Waals surface area contributed by atoms with Crippen LogP contribution in [-0.2, 0) is 4.74 Å². The van der Waals surface area contributed by atoms with Crippen LogP contribution < -0.4 is 5.73 Å². The Balaban J connectivity index is 2.17. The number of fused-ring (bicyclic) bond motifs is 1. The van der Waals surface area contributed by atoms with Gasteiger partial charge in [0.15, 0.2) is 36.6 Å². The third kappa shape index (κ3) is 2.03. The standard InChI is InChI=1S/C12H10F3N5O3/c1-17-12(3-21)7(22)6(14)10(23-12)20-2-4(13)5-8(16)18-11(15)19-9(5)20/h2,6-7,10,21-22H,3H2,(H2,16,18,19). The summed E-state index contributed by atoms with van der Waals surface area (Å²) in [5.41, 5.74) is 2.78. The molecule has 4 atom stereocenters. The van der Waals surface area contributed by atoms with Crippen molar-refractivity contribution in [3.63, 3.8) is 0 Å². The number of hydrogen-bond donors (Lipinski definition) is 3. The molecule has 4 unspecified atom stereocenters. The topological polar surface area (TPSA) is 111 Å². The maximum absolute atomic E-state index is 14.3. The van der Waals surface area contributed by atoms with Crippen LogP contribution in [0.25, 0.3) is 15.9 Å². The highest BCUT2D eigenvalue weighted by atomic mass is 19.1. The maximum atomic E-state index is 14.3. The molecule has 0 amide bonds. The first kappa shape index (κ1) is 15.5. The highest BCUT2D eigenvalue weighted by Gasteiger charge is 2.62. The largest absolute Gasteiger partial charge is 0.390 e. The number of anilines is 1. The van der Waals surface area contributed by atoms with Gasteiger partial charge in [-0.1, -0.05) is 0 Å². The summed E-state index contributed by atoms with van der Waals surface area (Å²) in [6.07, 6.45) is -6.39. The van der Waals surface area contributed by atoms with Gasteiger partial charge in [0.1, 0.15) is 5.82 Å². The molecule has 0 saturated carbocycles. The number of nitrogen functional groups attached to an aromatic ring is 1. The van der Waals surface area contributed by atoms with Gasteiger partial charge in [-0.15, -0.1) is 0 Å². The molecule has 2 aromatic heterocycles.